The number of carbonyl (C=O) groups is 1. The van der Waals surface area contributed by atoms with Crippen LogP contribution in [0.15, 0.2) is 36.8 Å². The molecular formula is C24H31N5O. The second-order valence-corrected chi connectivity index (χ2v) is 9.12. The molecule has 1 saturated heterocycles. The van der Waals surface area contributed by atoms with Gasteiger partial charge in [-0.05, 0) is 55.2 Å². The quantitative estimate of drug-likeness (QED) is 0.673. The minimum atomic E-state index is 0.386. The summed E-state index contributed by atoms with van der Waals surface area (Å²) in [5.74, 6) is 1.60. The van der Waals surface area contributed by atoms with Crippen molar-refractivity contribution in [2.75, 3.05) is 13.1 Å². The molecule has 158 valence electrons. The van der Waals surface area contributed by atoms with E-state index in [2.05, 4.69) is 43.1 Å². The Morgan fingerprint density at radius 1 is 1.00 bits per heavy atom. The van der Waals surface area contributed by atoms with E-state index < -0.39 is 0 Å². The van der Waals surface area contributed by atoms with Gasteiger partial charge in [-0.15, -0.1) is 0 Å². The van der Waals surface area contributed by atoms with Gasteiger partial charge in [0.05, 0.1) is 17.9 Å². The zero-order chi connectivity index (χ0) is 20.3. The molecule has 1 aromatic carbocycles. The van der Waals surface area contributed by atoms with Gasteiger partial charge in [0.1, 0.15) is 0 Å². The van der Waals surface area contributed by atoms with Crippen molar-refractivity contribution in [2.45, 2.75) is 57.9 Å². The third kappa shape index (κ3) is 4.13. The summed E-state index contributed by atoms with van der Waals surface area (Å²) in [6.45, 7) is 2.74. The van der Waals surface area contributed by atoms with Crippen molar-refractivity contribution >= 4 is 16.8 Å². The number of benzene rings is 1. The summed E-state index contributed by atoms with van der Waals surface area (Å²) in [5.41, 5.74) is 3.42. The zero-order valence-electron chi connectivity index (χ0n) is 17.6. The predicted molar refractivity (Wildman–Crippen MR) is 118 cm³/mol. The number of H-pyrrole nitrogens is 1. The van der Waals surface area contributed by atoms with Gasteiger partial charge in [-0.25, -0.2) is 0 Å². The van der Waals surface area contributed by atoms with E-state index in [-0.39, 0.29) is 0 Å². The zero-order valence-corrected chi connectivity index (χ0v) is 17.6. The number of carbonyl (C=O) groups excluding carboxylic acids is 1. The van der Waals surface area contributed by atoms with Crippen LogP contribution in [0, 0.1) is 11.8 Å². The van der Waals surface area contributed by atoms with Crippen molar-refractivity contribution in [2.24, 2.45) is 11.8 Å². The summed E-state index contributed by atoms with van der Waals surface area (Å²) in [4.78, 5) is 14.8. The van der Waals surface area contributed by atoms with Crippen LogP contribution in [0.1, 0.15) is 51.4 Å². The van der Waals surface area contributed by atoms with Crippen LogP contribution in [0.25, 0.3) is 22.0 Å². The highest BCUT2D eigenvalue weighted by Gasteiger charge is 2.26. The maximum Gasteiger partial charge on any atom is 0.222 e. The molecule has 2 fully saturated rings. The number of amides is 1. The third-order valence-electron chi connectivity index (χ3n) is 7.06. The van der Waals surface area contributed by atoms with Crippen LogP contribution in [0.2, 0.25) is 0 Å². The molecule has 0 atom stereocenters. The molecule has 0 spiro atoms. The number of hydrogen-bond donors (Lipinski definition) is 1. The Kier molecular flexibility index (Phi) is 5.56. The Morgan fingerprint density at radius 3 is 2.60 bits per heavy atom. The fourth-order valence-electron chi connectivity index (χ4n) is 5.20. The van der Waals surface area contributed by atoms with E-state index in [1.807, 2.05) is 18.6 Å². The number of aromatic nitrogens is 4. The molecule has 2 aromatic heterocycles. The largest absolute Gasteiger partial charge is 0.343 e. The third-order valence-corrected chi connectivity index (χ3v) is 7.06. The molecule has 6 heteroatoms. The number of likely N-dealkylation sites (tertiary alicyclic amines) is 1. The highest BCUT2D eigenvalue weighted by molar-refractivity contribution is 5.84. The molecular weight excluding hydrogens is 374 g/mol. The Hall–Kier alpha value is -2.63. The minimum Gasteiger partial charge on any atom is -0.343 e. The van der Waals surface area contributed by atoms with E-state index >= 15 is 0 Å². The second kappa shape index (κ2) is 8.62. The number of fused-ring (bicyclic) bond motifs is 1. The van der Waals surface area contributed by atoms with Crippen LogP contribution in [0.4, 0.5) is 0 Å². The SMILES string of the molecule is O=C(CC1CCCCC1)N1CCC(Cn2ncc3cc(-c4cn[nH]c4)ccc32)CC1. The molecule has 6 nitrogen and oxygen atoms in total. The maximum atomic E-state index is 12.7. The smallest absolute Gasteiger partial charge is 0.222 e. The highest BCUT2D eigenvalue weighted by Crippen LogP contribution is 2.29. The first-order chi connectivity index (χ1) is 14.8. The van der Waals surface area contributed by atoms with Gasteiger partial charge in [-0.1, -0.05) is 25.3 Å². The van der Waals surface area contributed by atoms with Crippen molar-refractivity contribution in [3.63, 3.8) is 0 Å². The lowest BCUT2D eigenvalue weighted by Crippen LogP contribution is -2.40. The van der Waals surface area contributed by atoms with Gasteiger partial charge in [0, 0.05) is 43.2 Å². The van der Waals surface area contributed by atoms with E-state index in [1.54, 1.807) is 0 Å². The average Bonchev–Trinajstić information content (AvgIpc) is 3.45. The standard InChI is InChI=1S/C24H31N5O/c30-24(12-18-4-2-1-3-5-18)28-10-8-19(9-11-28)17-29-23-7-6-20(13-21(23)16-27-29)22-14-25-26-15-22/h6-7,13-16,18-19H,1-5,8-12,17H2,(H,25,26). The first-order valence-corrected chi connectivity index (χ1v) is 11.5. The molecule has 3 aromatic rings. The Bertz CT molecular complexity index is 978. The van der Waals surface area contributed by atoms with E-state index in [9.17, 15) is 4.79 Å². The first kappa shape index (κ1) is 19.3. The first-order valence-electron chi connectivity index (χ1n) is 11.5. The van der Waals surface area contributed by atoms with Crippen LogP contribution in [-0.2, 0) is 11.3 Å². The number of rotatable bonds is 5. The number of aromatic amines is 1. The van der Waals surface area contributed by atoms with Gasteiger partial charge in [-0.3, -0.25) is 14.6 Å². The molecule has 2 aliphatic rings. The van der Waals surface area contributed by atoms with Gasteiger partial charge in [0.15, 0.2) is 0 Å². The summed E-state index contributed by atoms with van der Waals surface area (Å²) in [6.07, 6.45) is 15.1. The van der Waals surface area contributed by atoms with Gasteiger partial charge in [-0.2, -0.15) is 10.2 Å². The predicted octanol–water partition coefficient (Wildman–Crippen LogP) is 4.64. The van der Waals surface area contributed by atoms with Crippen LogP contribution in [0.3, 0.4) is 0 Å². The average molecular weight is 406 g/mol. The van der Waals surface area contributed by atoms with Crippen LogP contribution >= 0.6 is 0 Å². The van der Waals surface area contributed by atoms with Crippen molar-refractivity contribution < 1.29 is 4.79 Å². The van der Waals surface area contributed by atoms with Crippen molar-refractivity contribution in [3.8, 4) is 11.1 Å². The summed E-state index contributed by atoms with van der Waals surface area (Å²) < 4.78 is 2.14. The molecule has 1 N–H and O–H groups in total. The normalized spacial score (nSPS) is 18.9. The highest BCUT2D eigenvalue weighted by atomic mass is 16.2. The van der Waals surface area contributed by atoms with Gasteiger partial charge in [0.25, 0.3) is 0 Å². The van der Waals surface area contributed by atoms with Gasteiger partial charge >= 0.3 is 0 Å². The molecule has 30 heavy (non-hydrogen) atoms. The Morgan fingerprint density at radius 2 is 1.83 bits per heavy atom. The molecule has 1 saturated carbocycles. The lowest BCUT2D eigenvalue weighted by molar-refractivity contribution is -0.133. The monoisotopic (exact) mass is 405 g/mol. The molecule has 1 amide bonds. The number of nitrogens with zero attached hydrogens (tertiary/aromatic N) is 4. The van der Waals surface area contributed by atoms with E-state index in [4.69, 9.17) is 0 Å². The van der Waals surface area contributed by atoms with Crippen LogP contribution in [0.5, 0.6) is 0 Å². The van der Waals surface area contributed by atoms with Crippen LogP contribution in [-0.4, -0.2) is 43.9 Å². The molecule has 5 rings (SSSR count). The molecule has 0 unspecified atom stereocenters. The number of piperidine rings is 1. The fraction of sp³-hybridized carbons (Fsp3) is 0.542. The molecule has 1 aliphatic carbocycles. The maximum absolute atomic E-state index is 12.7. The number of hydrogen-bond acceptors (Lipinski definition) is 3. The van der Waals surface area contributed by atoms with Gasteiger partial charge in [0.2, 0.25) is 5.91 Å². The Labute approximate surface area is 177 Å². The van der Waals surface area contributed by atoms with Crippen LogP contribution < -0.4 is 0 Å². The van der Waals surface area contributed by atoms with Crippen molar-refractivity contribution in [1.82, 2.24) is 24.9 Å². The van der Waals surface area contributed by atoms with Crippen molar-refractivity contribution in [3.05, 3.63) is 36.8 Å². The number of nitrogens with one attached hydrogen (secondary N) is 1. The second-order valence-electron chi connectivity index (χ2n) is 9.12. The molecule has 0 bridgehead atoms. The van der Waals surface area contributed by atoms with E-state index in [0.717, 1.165) is 55.4 Å². The van der Waals surface area contributed by atoms with E-state index in [1.165, 1.54) is 37.6 Å². The lowest BCUT2D eigenvalue weighted by atomic mass is 9.86. The molecule has 3 heterocycles. The summed E-state index contributed by atoms with van der Waals surface area (Å²) >= 11 is 0. The van der Waals surface area contributed by atoms with Gasteiger partial charge < -0.3 is 4.90 Å². The van der Waals surface area contributed by atoms with E-state index in [0.29, 0.717) is 17.7 Å². The summed E-state index contributed by atoms with van der Waals surface area (Å²) in [5, 5.41) is 12.7. The molecule has 0 radical (unpaired) electrons. The summed E-state index contributed by atoms with van der Waals surface area (Å²) in [6, 6.07) is 6.47. The topological polar surface area (TPSA) is 66.8 Å². The fourth-order valence-corrected chi connectivity index (χ4v) is 5.20. The van der Waals surface area contributed by atoms with Crippen molar-refractivity contribution in [1.29, 1.82) is 0 Å². The lowest BCUT2D eigenvalue weighted by Gasteiger charge is -2.33. The summed E-state index contributed by atoms with van der Waals surface area (Å²) in [7, 11) is 0. The Balaban J connectivity index is 1.17. The minimum absolute atomic E-state index is 0.386. The molecule has 1 aliphatic heterocycles.